The molecular weight excluding hydrogens is 298 g/mol. The largest absolute Gasteiger partial charge is 0.481 e. The highest BCUT2D eigenvalue weighted by Crippen LogP contribution is 2.10. The summed E-state index contributed by atoms with van der Waals surface area (Å²) >= 11 is 0. The minimum Gasteiger partial charge on any atom is -0.481 e. The van der Waals surface area contributed by atoms with Crippen molar-refractivity contribution in [2.75, 3.05) is 0 Å². The van der Waals surface area contributed by atoms with Gasteiger partial charge in [-0.15, -0.1) is 0 Å². The molecule has 1 atom stereocenters. The van der Waals surface area contributed by atoms with Gasteiger partial charge in [0, 0.05) is 14.2 Å². The molecule has 0 rings (SSSR count). The third-order valence-electron chi connectivity index (χ3n) is 3.68. The molecule has 6 heteroatoms. The third-order valence-corrected chi connectivity index (χ3v) is 3.68. The first-order valence-corrected chi connectivity index (χ1v) is 8.50. The summed E-state index contributed by atoms with van der Waals surface area (Å²) in [6, 6.07) is -1.13. The second-order valence-corrected chi connectivity index (χ2v) is 5.82. The van der Waals surface area contributed by atoms with Crippen LogP contribution in [-0.2, 0) is 14.4 Å². The third kappa shape index (κ3) is 13.8. The Balaban J connectivity index is 3.63. The maximum Gasteiger partial charge on any atom is 0.326 e. The van der Waals surface area contributed by atoms with Crippen LogP contribution < -0.4 is 5.32 Å². The van der Waals surface area contributed by atoms with Gasteiger partial charge in [-0.3, -0.25) is 9.59 Å². The van der Waals surface area contributed by atoms with Gasteiger partial charge >= 0.3 is 11.9 Å². The van der Waals surface area contributed by atoms with Gasteiger partial charge in [-0.1, -0.05) is 58.3 Å². The van der Waals surface area contributed by atoms with Crippen LogP contribution in [0.25, 0.3) is 0 Å². The van der Waals surface area contributed by atoms with Crippen molar-refractivity contribution in [3.05, 3.63) is 0 Å². The van der Waals surface area contributed by atoms with Gasteiger partial charge in [0.15, 0.2) is 0 Å². The summed E-state index contributed by atoms with van der Waals surface area (Å²) in [7, 11) is 0. The zero-order valence-electron chi connectivity index (χ0n) is 14.9. The second kappa shape index (κ2) is 14.0. The van der Waals surface area contributed by atoms with Crippen LogP contribution in [0.4, 0.5) is 0 Å². The Hall–Kier alpha value is -1.59. The molecule has 0 aliphatic rings. The first kappa shape index (κ1) is 19.5. The predicted molar refractivity (Wildman–Crippen MR) is 88.3 cm³/mol. The Kier molecular flexibility index (Phi) is 11.9. The molecule has 0 unspecified atom stereocenters. The summed E-state index contributed by atoms with van der Waals surface area (Å²) in [5, 5.41) is 19.9. The van der Waals surface area contributed by atoms with Crippen molar-refractivity contribution in [2.24, 2.45) is 0 Å². The topological polar surface area (TPSA) is 104 Å². The van der Waals surface area contributed by atoms with Crippen LogP contribution in [0.5, 0.6) is 0 Å². The number of rotatable bonds is 15. The maximum absolute atomic E-state index is 11.7. The molecule has 0 aromatic heterocycles. The van der Waals surface area contributed by atoms with E-state index >= 15 is 0 Å². The molecule has 0 radical (unpaired) electrons. The number of amides is 1. The SMILES string of the molecule is [2H]CCCCCCCCCCCC(=O)N[C@@H](CCC(=O)O)C(=O)O. The standard InChI is InChI=1S/C17H31NO5/c1-2-3-4-5-6-7-8-9-10-11-15(19)18-14(17(22)23)12-13-16(20)21/h14H,2-13H2,1H3,(H,18,19)(H,20,21)(H,22,23)/t14-/m0/s1/i1D. The molecule has 0 aliphatic carbocycles. The lowest BCUT2D eigenvalue weighted by atomic mass is 10.1. The molecule has 0 aromatic carbocycles. The van der Waals surface area contributed by atoms with Gasteiger partial charge in [0.25, 0.3) is 0 Å². The van der Waals surface area contributed by atoms with Crippen LogP contribution in [-0.4, -0.2) is 34.1 Å². The van der Waals surface area contributed by atoms with Crippen LogP contribution in [0, 0.1) is 0 Å². The van der Waals surface area contributed by atoms with Crippen molar-refractivity contribution in [2.45, 2.75) is 90.0 Å². The number of hydrogen-bond donors (Lipinski definition) is 3. The van der Waals surface area contributed by atoms with Crippen LogP contribution >= 0.6 is 0 Å². The molecule has 134 valence electrons. The van der Waals surface area contributed by atoms with Gasteiger partial charge in [0.1, 0.15) is 6.04 Å². The molecule has 23 heavy (non-hydrogen) atoms. The van der Waals surface area contributed by atoms with Gasteiger partial charge < -0.3 is 15.5 Å². The molecule has 0 fully saturated rings. The number of hydrogen-bond acceptors (Lipinski definition) is 3. The van der Waals surface area contributed by atoms with E-state index < -0.39 is 18.0 Å². The highest BCUT2D eigenvalue weighted by molar-refractivity contribution is 5.83. The fraction of sp³-hybridized carbons (Fsp3) is 0.824. The number of aliphatic carboxylic acids is 2. The van der Waals surface area contributed by atoms with Crippen LogP contribution in [0.1, 0.15) is 85.3 Å². The highest BCUT2D eigenvalue weighted by Gasteiger charge is 2.20. The van der Waals surface area contributed by atoms with Gasteiger partial charge in [-0.05, 0) is 12.8 Å². The average molecular weight is 330 g/mol. The highest BCUT2D eigenvalue weighted by atomic mass is 16.4. The Morgan fingerprint density at radius 2 is 1.48 bits per heavy atom. The van der Waals surface area contributed by atoms with E-state index in [9.17, 15) is 14.4 Å². The van der Waals surface area contributed by atoms with Gasteiger partial charge in [-0.25, -0.2) is 4.79 Å². The maximum atomic E-state index is 11.7. The average Bonchev–Trinajstić information content (AvgIpc) is 2.52. The fourth-order valence-electron chi connectivity index (χ4n) is 2.31. The quantitative estimate of drug-likeness (QED) is 0.399. The van der Waals surface area contributed by atoms with Crippen molar-refractivity contribution in [1.82, 2.24) is 5.32 Å². The molecule has 1 amide bonds. The second-order valence-electron chi connectivity index (χ2n) is 5.82. The van der Waals surface area contributed by atoms with Crippen molar-refractivity contribution < 1.29 is 26.0 Å². The minimum atomic E-state index is -1.20. The Morgan fingerprint density at radius 1 is 0.913 bits per heavy atom. The number of carbonyl (C=O) groups excluding carboxylic acids is 1. The van der Waals surface area contributed by atoms with Crippen molar-refractivity contribution in [1.29, 1.82) is 0 Å². The fourth-order valence-corrected chi connectivity index (χ4v) is 2.31. The lowest BCUT2D eigenvalue weighted by Gasteiger charge is -2.13. The van der Waals surface area contributed by atoms with E-state index in [2.05, 4.69) is 5.32 Å². The summed E-state index contributed by atoms with van der Waals surface area (Å²) < 4.78 is 7.05. The van der Waals surface area contributed by atoms with Crippen LogP contribution in [0.15, 0.2) is 0 Å². The number of carboxylic acid groups (broad SMARTS) is 2. The number of carbonyl (C=O) groups is 3. The van der Waals surface area contributed by atoms with Gasteiger partial charge in [0.05, 0.1) is 0 Å². The number of carboxylic acids is 2. The molecule has 0 saturated carbocycles. The monoisotopic (exact) mass is 330 g/mol. The Morgan fingerprint density at radius 3 is 2.00 bits per heavy atom. The summed E-state index contributed by atoms with van der Waals surface area (Å²) in [4.78, 5) is 33.1. The summed E-state index contributed by atoms with van der Waals surface area (Å²) in [6.45, 7) is 0.515. The number of nitrogens with one attached hydrogen (secondary N) is 1. The van der Waals surface area contributed by atoms with Crippen molar-refractivity contribution in [3.8, 4) is 0 Å². The summed E-state index contributed by atoms with van der Waals surface area (Å²) in [5.74, 6) is -2.60. The first-order chi connectivity index (χ1) is 11.5. The van der Waals surface area contributed by atoms with Gasteiger partial charge in [-0.2, -0.15) is 0 Å². The van der Waals surface area contributed by atoms with E-state index in [4.69, 9.17) is 11.6 Å². The molecule has 0 bridgehead atoms. The molecule has 0 saturated heterocycles. The summed E-state index contributed by atoms with van der Waals surface area (Å²) in [6.07, 6.45) is 9.44. The Bertz CT molecular complexity index is 376. The van der Waals surface area contributed by atoms with E-state index in [0.29, 0.717) is 6.90 Å². The summed E-state index contributed by atoms with van der Waals surface area (Å²) in [5.41, 5.74) is 0. The van der Waals surface area contributed by atoms with Crippen molar-refractivity contribution >= 4 is 17.8 Å². The minimum absolute atomic E-state index is 0.101. The van der Waals surface area contributed by atoms with E-state index in [1.54, 1.807) is 0 Å². The van der Waals surface area contributed by atoms with E-state index in [0.717, 1.165) is 38.5 Å². The van der Waals surface area contributed by atoms with E-state index in [1.807, 2.05) is 0 Å². The molecule has 0 heterocycles. The predicted octanol–water partition coefficient (Wildman–Crippen LogP) is 3.34. The van der Waals surface area contributed by atoms with Crippen LogP contribution in [0.2, 0.25) is 0 Å². The molecule has 0 aliphatic heterocycles. The van der Waals surface area contributed by atoms with E-state index in [1.165, 1.54) is 19.3 Å². The first-order valence-electron chi connectivity index (χ1n) is 9.21. The molecule has 0 aromatic rings. The number of unbranched alkanes of at least 4 members (excludes halogenated alkanes) is 8. The molecule has 6 nitrogen and oxygen atoms in total. The zero-order valence-corrected chi connectivity index (χ0v) is 13.9. The zero-order chi connectivity index (χ0) is 18.2. The molecule has 0 spiro atoms. The molecular formula is C17H31NO5. The van der Waals surface area contributed by atoms with Gasteiger partial charge in [0.2, 0.25) is 5.91 Å². The normalized spacial score (nSPS) is 12.4. The smallest absolute Gasteiger partial charge is 0.326 e. The molecule has 3 N–H and O–H groups in total. The van der Waals surface area contributed by atoms with Crippen LogP contribution in [0.3, 0.4) is 0 Å². The van der Waals surface area contributed by atoms with Crippen molar-refractivity contribution in [3.63, 3.8) is 0 Å². The van der Waals surface area contributed by atoms with E-state index in [-0.39, 0.29) is 25.2 Å². The lowest BCUT2D eigenvalue weighted by molar-refractivity contribution is -0.143. The lowest BCUT2D eigenvalue weighted by Crippen LogP contribution is -2.41. The Labute approximate surface area is 140 Å².